The van der Waals surface area contributed by atoms with Crippen molar-refractivity contribution in [1.82, 2.24) is 15.1 Å². The molecule has 0 aliphatic carbocycles. The summed E-state index contributed by atoms with van der Waals surface area (Å²) in [6, 6.07) is 12.1. The Morgan fingerprint density at radius 3 is 2.79 bits per heavy atom. The molecule has 0 unspecified atom stereocenters. The summed E-state index contributed by atoms with van der Waals surface area (Å²) >= 11 is 1.63. The molecule has 3 heterocycles. The quantitative estimate of drug-likeness (QED) is 0.651. The molecule has 1 fully saturated rings. The molecule has 0 atom stereocenters. The number of amides is 1. The van der Waals surface area contributed by atoms with Crippen LogP contribution in [0.4, 0.5) is 0 Å². The van der Waals surface area contributed by atoms with Crippen molar-refractivity contribution in [3.05, 3.63) is 58.6 Å². The Balaban J connectivity index is 1.57. The summed E-state index contributed by atoms with van der Waals surface area (Å²) in [5.74, 6) is -0.0899. The van der Waals surface area contributed by atoms with E-state index in [1.807, 2.05) is 29.6 Å². The first-order valence-corrected chi connectivity index (χ1v) is 10.9. The van der Waals surface area contributed by atoms with E-state index in [1.54, 1.807) is 16.0 Å². The fraction of sp³-hybridized carbons (Fsp3) is 0.364. The van der Waals surface area contributed by atoms with Crippen molar-refractivity contribution in [2.45, 2.75) is 13.8 Å². The lowest BCUT2D eigenvalue weighted by molar-refractivity contribution is -0.906. The molecule has 2 N–H and O–H groups in total. The standard InChI is InChI=1S/C22H26N4O2S/c1-16-5-6-19(17(2)14-16)26-20(15-18(24-26)21-4-3-13-29-21)22(27)23-7-8-25-9-11-28-12-10-25/h3-6,13-15H,7-12H2,1-2H3,(H,23,27)/p+1. The molecule has 0 bridgehead atoms. The van der Waals surface area contributed by atoms with Gasteiger partial charge in [0.25, 0.3) is 5.91 Å². The van der Waals surface area contributed by atoms with Gasteiger partial charge >= 0.3 is 0 Å². The summed E-state index contributed by atoms with van der Waals surface area (Å²) in [7, 11) is 0. The molecule has 1 aliphatic heterocycles. The molecule has 152 valence electrons. The maximum atomic E-state index is 13.0. The number of aryl methyl sites for hydroxylation is 2. The molecule has 0 saturated carbocycles. The number of hydrogen-bond donors (Lipinski definition) is 2. The minimum absolute atomic E-state index is 0.0899. The number of rotatable bonds is 6. The number of hydrogen-bond acceptors (Lipinski definition) is 4. The minimum Gasteiger partial charge on any atom is -0.370 e. The van der Waals surface area contributed by atoms with Crippen LogP contribution in [0, 0.1) is 13.8 Å². The van der Waals surface area contributed by atoms with Crippen LogP contribution in [0.3, 0.4) is 0 Å². The summed E-state index contributed by atoms with van der Waals surface area (Å²) in [5.41, 5.74) is 4.61. The molecule has 1 amide bonds. The Kier molecular flexibility index (Phi) is 6.08. The number of carbonyl (C=O) groups is 1. The number of benzene rings is 1. The minimum atomic E-state index is -0.0899. The second-order valence-corrected chi connectivity index (χ2v) is 8.41. The Bertz CT molecular complexity index is 975. The van der Waals surface area contributed by atoms with Crippen LogP contribution in [0.2, 0.25) is 0 Å². The number of carbonyl (C=O) groups excluding carboxylic acids is 1. The van der Waals surface area contributed by atoms with E-state index >= 15 is 0 Å². The fourth-order valence-corrected chi connectivity index (χ4v) is 4.35. The van der Waals surface area contributed by atoms with E-state index in [-0.39, 0.29) is 5.91 Å². The summed E-state index contributed by atoms with van der Waals surface area (Å²) in [6.07, 6.45) is 0. The van der Waals surface area contributed by atoms with Crippen molar-refractivity contribution in [3.63, 3.8) is 0 Å². The number of aromatic nitrogens is 2. The molecule has 6 nitrogen and oxygen atoms in total. The van der Waals surface area contributed by atoms with Crippen LogP contribution in [-0.4, -0.2) is 55.1 Å². The van der Waals surface area contributed by atoms with Gasteiger partial charge in [-0.2, -0.15) is 5.10 Å². The predicted molar refractivity (Wildman–Crippen MR) is 115 cm³/mol. The van der Waals surface area contributed by atoms with Crippen LogP contribution in [0.15, 0.2) is 41.8 Å². The number of quaternary nitrogens is 1. The molecule has 1 aromatic carbocycles. The molecule has 4 rings (SSSR count). The first kappa shape index (κ1) is 19.8. The maximum absolute atomic E-state index is 13.0. The highest BCUT2D eigenvalue weighted by Crippen LogP contribution is 2.27. The molecular formula is C22H27N4O2S+. The van der Waals surface area contributed by atoms with E-state index in [0.29, 0.717) is 12.2 Å². The summed E-state index contributed by atoms with van der Waals surface area (Å²) in [6.45, 7) is 9.26. The first-order chi connectivity index (χ1) is 14.1. The number of ether oxygens (including phenoxy) is 1. The SMILES string of the molecule is Cc1ccc(-n2nc(-c3cccs3)cc2C(=O)NCC[NH+]2CCOCC2)c(C)c1. The normalized spacial score (nSPS) is 14.8. The third kappa shape index (κ3) is 4.58. The van der Waals surface area contributed by atoms with Gasteiger partial charge in [-0.25, -0.2) is 4.68 Å². The van der Waals surface area contributed by atoms with E-state index in [0.717, 1.165) is 54.7 Å². The summed E-state index contributed by atoms with van der Waals surface area (Å²) in [5, 5.41) is 9.89. The largest absolute Gasteiger partial charge is 0.370 e. The lowest BCUT2D eigenvalue weighted by atomic mass is 10.1. The number of nitrogens with zero attached hydrogens (tertiary/aromatic N) is 2. The van der Waals surface area contributed by atoms with Gasteiger partial charge in [-0.3, -0.25) is 4.79 Å². The lowest BCUT2D eigenvalue weighted by Crippen LogP contribution is -3.14. The zero-order chi connectivity index (χ0) is 20.2. The van der Waals surface area contributed by atoms with Crippen molar-refractivity contribution in [2.24, 2.45) is 0 Å². The molecule has 0 spiro atoms. The zero-order valence-electron chi connectivity index (χ0n) is 16.9. The lowest BCUT2D eigenvalue weighted by Gasteiger charge is -2.23. The third-order valence-electron chi connectivity index (χ3n) is 5.26. The summed E-state index contributed by atoms with van der Waals surface area (Å²) in [4.78, 5) is 15.6. The molecule has 2 aromatic heterocycles. The zero-order valence-corrected chi connectivity index (χ0v) is 17.7. The van der Waals surface area contributed by atoms with E-state index < -0.39 is 0 Å². The monoisotopic (exact) mass is 411 g/mol. The Morgan fingerprint density at radius 1 is 1.24 bits per heavy atom. The van der Waals surface area contributed by atoms with Gasteiger partial charge in [0.15, 0.2) is 0 Å². The van der Waals surface area contributed by atoms with Gasteiger partial charge in [0.05, 0.1) is 36.9 Å². The molecule has 1 aliphatic rings. The van der Waals surface area contributed by atoms with Gasteiger partial charge in [0.2, 0.25) is 0 Å². The maximum Gasteiger partial charge on any atom is 0.270 e. The first-order valence-electron chi connectivity index (χ1n) is 10.0. The fourth-order valence-electron chi connectivity index (χ4n) is 3.67. The van der Waals surface area contributed by atoms with Crippen molar-refractivity contribution in [3.8, 4) is 16.3 Å². The molecule has 29 heavy (non-hydrogen) atoms. The second-order valence-electron chi connectivity index (χ2n) is 7.46. The van der Waals surface area contributed by atoms with Crippen molar-refractivity contribution >= 4 is 17.2 Å². The van der Waals surface area contributed by atoms with Crippen LogP contribution < -0.4 is 10.2 Å². The number of thiophene rings is 1. The molecular weight excluding hydrogens is 384 g/mol. The molecule has 7 heteroatoms. The third-order valence-corrected chi connectivity index (χ3v) is 6.15. The van der Waals surface area contributed by atoms with Crippen molar-refractivity contribution in [2.75, 3.05) is 39.4 Å². The van der Waals surface area contributed by atoms with Crippen LogP contribution >= 0.6 is 11.3 Å². The predicted octanol–water partition coefficient (Wildman–Crippen LogP) is 1.86. The van der Waals surface area contributed by atoms with Crippen LogP contribution in [-0.2, 0) is 4.74 Å². The topological polar surface area (TPSA) is 60.6 Å². The molecule has 3 aromatic rings. The van der Waals surface area contributed by atoms with Crippen LogP contribution in [0.1, 0.15) is 21.6 Å². The Labute approximate surface area is 175 Å². The smallest absolute Gasteiger partial charge is 0.270 e. The van der Waals surface area contributed by atoms with Crippen LogP contribution in [0.25, 0.3) is 16.3 Å². The average Bonchev–Trinajstić information content (AvgIpc) is 3.39. The van der Waals surface area contributed by atoms with E-state index in [4.69, 9.17) is 9.84 Å². The highest BCUT2D eigenvalue weighted by Gasteiger charge is 2.20. The Morgan fingerprint density at radius 2 is 2.07 bits per heavy atom. The second kappa shape index (κ2) is 8.90. The van der Waals surface area contributed by atoms with Gasteiger partial charge in [-0.05, 0) is 43.0 Å². The van der Waals surface area contributed by atoms with E-state index in [2.05, 4.69) is 31.3 Å². The van der Waals surface area contributed by atoms with Crippen molar-refractivity contribution < 1.29 is 14.4 Å². The van der Waals surface area contributed by atoms with Gasteiger partial charge in [-0.1, -0.05) is 23.8 Å². The molecule has 1 saturated heterocycles. The van der Waals surface area contributed by atoms with Crippen molar-refractivity contribution in [1.29, 1.82) is 0 Å². The Hall–Kier alpha value is -2.48. The van der Waals surface area contributed by atoms with E-state index in [9.17, 15) is 4.79 Å². The van der Waals surface area contributed by atoms with Gasteiger partial charge in [0.1, 0.15) is 24.5 Å². The molecule has 0 radical (unpaired) electrons. The summed E-state index contributed by atoms with van der Waals surface area (Å²) < 4.78 is 7.18. The average molecular weight is 412 g/mol. The number of morpholine rings is 1. The highest BCUT2D eigenvalue weighted by atomic mass is 32.1. The number of nitrogens with one attached hydrogen (secondary N) is 2. The van der Waals surface area contributed by atoms with Gasteiger partial charge in [-0.15, -0.1) is 11.3 Å². The van der Waals surface area contributed by atoms with E-state index in [1.165, 1.54) is 10.5 Å². The highest BCUT2D eigenvalue weighted by molar-refractivity contribution is 7.13. The van der Waals surface area contributed by atoms with Gasteiger partial charge < -0.3 is 15.0 Å². The van der Waals surface area contributed by atoms with Crippen LogP contribution in [0.5, 0.6) is 0 Å². The van der Waals surface area contributed by atoms with Gasteiger partial charge in [0, 0.05) is 0 Å².